The first kappa shape index (κ1) is 13.9. The van der Waals surface area contributed by atoms with Crippen LogP contribution in [0.15, 0.2) is 4.79 Å². The summed E-state index contributed by atoms with van der Waals surface area (Å²) in [5, 5.41) is 0.401. The van der Waals surface area contributed by atoms with E-state index in [1.165, 1.54) is 44.3 Å². The summed E-state index contributed by atoms with van der Waals surface area (Å²) >= 11 is 4.12. The van der Waals surface area contributed by atoms with Crippen molar-refractivity contribution in [3.05, 3.63) is 25.4 Å². The number of aromatic amines is 1. The molecule has 3 nitrogen and oxygen atoms in total. The fourth-order valence-electron chi connectivity index (χ4n) is 3.07. The highest BCUT2D eigenvalue weighted by molar-refractivity contribution is 14.1. The van der Waals surface area contributed by atoms with E-state index in [4.69, 9.17) is 4.98 Å². The molecule has 2 heterocycles. The molecule has 1 unspecified atom stereocenters. The molecule has 0 aromatic carbocycles. The van der Waals surface area contributed by atoms with Gasteiger partial charge in [0.15, 0.2) is 0 Å². The number of hydrogen-bond donors (Lipinski definition) is 1. The van der Waals surface area contributed by atoms with Gasteiger partial charge in [-0.3, -0.25) is 4.79 Å². The van der Waals surface area contributed by atoms with Crippen LogP contribution < -0.4 is 5.56 Å². The van der Waals surface area contributed by atoms with Crippen molar-refractivity contribution in [3.63, 3.8) is 0 Å². The summed E-state index contributed by atoms with van der Waals surface area (Å²) in [5.74, 6) is 2.64. The number of nitrogens with one attached hydrogen (secondary N) is 1. The molecule has 3 rings (SSSR count). The fraction of sp³-hybridized carbons (Fsp3) is 0.714. The second kappa shape index (κ2) is 6.16. The summed E-state index contributed by atoms with van der Waals surface area (Å²) < 4.78 is 0.814. The van der Waals surface area contributed by atoms with E-state index in [0.717, 1.165) is 21.5 Å². The molecule has 1 N–H and O–H groups in total. The SMILES string of the molecule is O=c1[nH]c(C2CCCCS2)nc(C2CCCC2)c1I. The lowest BCUT2D eigenvalue weighted by molar-refractivity contribution is 0.634. The lowest BCUT2D eigenvalue weighted by Crippen LogP contribution is -2.21. The van der Waals surface area contributed by atoms with Gasteiger partial charge in [-0.2, -0.15) is 11.8 Å². The topological polar surface area (TPSA) is 45.8 Å². The van der Waals surface area contributed by atoms with Gasteiger partial charge in [-0.25, -0.2) is 4.98 Å². The standard InChI is InChI=1S/C14H19IN2OS/c15-11-12(9-5-1-2-6-9)16-13(17-14(11)18)10-7-3-4-8-19-10/h9-10H,1-8H2,(H,16,17,18). The minimum atomic E-state index is 0.0682. The Kier molecular flexibility index (Phi) is 4.51. The molecular weight excluding hydrogens is 371 g/mol. The quantitative estimate of drug-likeness (QED) is 0.777. The van der Waals surface area contributed by atoms with Crippen LogP contribution in [0.25, 0.3) is 0 Å². The first-order valence-corrected chi connectivity index (χ1v) is 9.29. The Bertz CT molecular complexity index is 505. The molecule has 1 aromatic heterocycles. The van der Waals surface area contributed by atoms with Gasteiger partial charge in [0, 0.05) is 5.92 Å². The van der Waals surface area contributed by atoms with Crippen molar-refractivity contribution in [1.82, 2.24) is 9.97 Å². The average Bonchev–Trinajstić information content (AvgIpc) is 2.96. The van der Waals surface area contributed by atoms with Gasteiger partial charge in [-0.1, -0.05) is 19.3 Å². The molecule has 1 aliphatic carbocycles. The van der Waals surface area contributed by atoms with E-state index in [1.54, 1.807) is 0 Å². The molecule has 1 saturated heterocycles. The molecule has 1 atom stereocenters. The third-order valence-corrected chi connectivity index (χ3v) is 6.56. The maximum atomic E-state index is 12.1. The summed E-state index contributed by atoms with van der Waals surface area (Å²) in [5.41, 5.74) is 1.14. The van der Waals surface area contributed by atoms with Gasteiger partial charge in [0.05, 0.1) is 14.5 Å². The molecule has 0 spiro atoms. The number of halogens is 1. The van der Waals surface area contributed by atoms with Crippen molar-refractivity contribution in [2.45, 2.75) is 56.1 Å². The second-order valence-corrected chi connectivity index (χ2v) is 7.88. The van der Waals surface area contributed by atoms with Crippen molar-refractivity contribution in [2.24, 2.45) is 0 Å². The van der Waals surface area contributed by atoms with Crippen LogP contribution in [0.4, 0.5) is 0 Å². The van der Waals surface area contributed by atoms with Gasteiger partial charge in [-0.15, -0.1) is 0 Å². The Morgan fingerprint density at radius 2 is 1.89 bits per heavy atom. The van der Waals surface area contributed by atoms with Crippen LogP contribution in [0.2, 0.25) is 0 Å². The van der Waals surface area contributed by atoms with Gasteiger partial charge in [0.1, 0.15) is 5.82 Å². The van der Waals surface area contributed by atoms with E-state index < -0.39 is 0 Å². The van der Waals surface area contributed by atoms with Gasteiger partial charge >= 0.3 is 0 Å². The maximum Gasteiger partial charge on any atom is 0.264 e. The Morgan fingerprint density at radius 1 is 1.16 bits per heavy atom. The molecule has 1 saturated carbocycles. The third-order valence-electron chi connectivity index (χ3n) is 4.13. The zero-order chi connectivity index (χ0) is 13.2. The molecular formula is C14H19IN2OS. The largest absolute Gasteiger partial charge is 0.309 e. The Hall–Kier alpha value is -0.0400. The predicted octanol–water partition coefficient (Wildman–Crippen LogP) is 3.99. The molecule has 1 aromatic rings. The lowest BCUT2D eigenvalue weighted by Gasteiger charge is -2.21. The number of rotatable bonds is 2. The van der Waals surface area contributed by atoms with Crippen molar-refractivity contribution in [2.75, 3.05) is 5.75 Å². The predicted molar refractivity (Wildman–Crippen MR) is 87.8 cm³/mol. The van der Waals surface area contributed by atoms with E-state index >= 15 is 0 Å². The van der Waals surface area contributed by atoms with E-state index in [0.29, 0.717) is 11.2 Å². The van der Waals surface area contributed by atoms with Gasteiger partial charge in [0.2, 0.25) is 0 Å². The highest BCUT2D eigenvalue weighted by Crippen LogP contribution is 2.38. The summed E-state index contributed by atoms with van der Waals surface area (Å²) in [6.07, 6.45) is 8.66. The normalized spacial score (nSPS) is 24.8. The molecule has 2 fully saturated rings. The first-order valence-electron chi connectivity index (χ1n) is 7.17. The highest BCUT2D eigenvalue weighted by Gasteiger charge is 2.25. The Balaban J connectivity index is 1.94. The van der Waals surface area contributed by atoms with Crippen molar-refractivity contribution in [3.8, 4) is 0 Å². The highest BCUT2D eigenvalue weighted by atomic mass is 127. The Morgan fingerprint density at radius 3 is 2.58 bits per heavy atom. The lowest BCUT2D eigenvalue weighted by atomic mass is 10.0. The summed E-state index contributed by atoms with van der Waals surface area (Å²) in [4.78, 5) is 20.0. The van der Waals surface area contributed by atoms with Crippen LogP contribution in [0.1, 0.15) is 67.6 Å². The molecule has 0 bridgehead atoms. The molecule has 0 radical (unpaired) electrons. The van der Waals surface area contributed by atoms with Gasteiger partial charge < -0.3 is 4.98 Å². The van der Waals surface area contributed by atoms with E-state index in [9.17, 15) is 4.79 Å². The van der Waals surface area contributed by atoms with Gasteiger partial charge in [-0.05, 0) is 54.0 Å². The number of nitrogens with zero attached hydrogens (tertiary/aromatic N) is 1. The van der Waals surface area contributed by atoms with Crippen LogP contribution in [0, 0.1) is 3.57 Å². The minimum absolute atomic E-state index is 0.0682. The summed E-state index contributed by atoms with van der Waals surface area (Å²) in [6.45, 7) is 0. The first-order chi connectivity index (χ1) is 9.25. The fourth-order valence-corrected chi connectivity index (χ4v) is 5.03. The molecule has 2 aliphatic rings. The third kappa shape index (κ3) is 3.01. The number of H-pyrrole nitrogens is 1. The smallest absolute Gasteiger partial charge is 0.264 e. The zero-order valence-corrected chi connectivity index (χ0v) is 13.9. The van der Waals surface area contributed by atoms with E-state index in [-0.39, 0.29) is 5.56 Å². The number of thioether (sulfide) groups is 1. The van der Waals surface area contributed by atoms with Gasteiger partial charge in [0.25, 0.3) is 5.56 Å². The van der Waals surface area contributed by atoms with E-state index in [1.807, 2.05) is 11.8 Å². The van der Waals surface area contributed by atoms with Crippen LogP contribution in [-0.2, 0) is 0 Å². The van der Waals surface area contributed by atoms with Crippen LogP contribution in [0.3, 0.4) is 0 Å². The summed E-state index contributed by atoms with van der Waals surface area (Å²) in [7, 11) is 0. The number of aromatic nitrogens is 2. The van der Waals surface area contributed by atoms with Crippen molar-refractivity contribution >= 4 is 34.4 Å². The molecule has 104 valence electrons. The molecule has 0 amide bonds. The van der Waals surface area contributed by atoms with E-state index in [2.05, 4.69) is 27.6 Å². The average molecular weight is 390 g/mol. The zero-order valence-electron chi connectivity index (χ0n) is 11.0. The van der Waals surface area contributed by atoms with Crippen LogP contribution in [0.5, 0.6) is 0 Å². The molecule has 19 heavy (non-hydrogen) atoms. The molecule has 5 heteroatoms. The minimum Gasteiger partial charge on any atom is -0.309 e. The van der Waals surface area contributed by atoms with Crippen molar-refractivity contribution < 1.29 is 0 Å². The monoisotopic (exact) mass is 390 g/mol. The number of hydrogen-bond acceptors (Lipinski definition) is 3. The molecule has 1 aliphatic heterocycles. The van der Waals surface area contributed by atoms with Crippen molar-refractivity contribution in [1.29, 1.82) is 0 Å². The Labute approximate surface area is 131 Å². The van der Waals surface area contributed by atoms with Crippen LogP contribution in [-0.4, -0.2) is 15.7 Å². The maximum absolute atomic E-state index is 12.1. The van der Waals surface area contributed by atoms with Crippen LogP contribution >= 0.6 is 34.4 Å². The second-order valence-electron chi connectivity index (χ2n) is 5.49. The summed E-state index contributed by atoms with van der Waals surface area (Å²) in [6, 6.07) is 0.